The van der Waals surface area contributed by atoms with Crippen molar-refractivity contribution < 1.29 is 17.9 Å². The number of nitrogens with zero attached hydrogens (tertiary/aromatic N) is 3. The van der Waals surface area contributed by atoms with Crippen molar-refractivity contribution in [3.63, 3.8) is 0 Å². The van der Waals surface area contributed by atoms with Crippen molar-refractivity contribution in [1.29, 1.82) is 0 Å². The third-order valence-corrected chi connectivity index (χ3v) is 6.87. The van der Waals surface area contributed by atoms with E-state index in [1.54, 1.807) is 30.8 Å². The Labute approximate surface area is 143 Å². The molecule has 2 fully saturated rings. The molecular formula is C16H25N3O4S. The number of ether oxygens (including phenoxy) is 2. The van der Waals surface area contributed by atoms with Crippen molar-refractivity contribution in [1.82, 2.24) is 13.6 Å². The van der Waals surface area contributed by atoms with E-state index in [4.69, 9.17) is 9.47 Å². The molecule has 0 N–H and O–H groups in total. The lowest BCUT2D eigenvalue weighted by Crippen LogP contribution is -2.47. The van der Waals surface area contributed by atoms with Gasteiger partial charge in [-0.05, 0) is 36.8 Å². The van der Waals surface area contributed by atoms with Gasteiger partial charge in [0.05, 0.1) is 18.9 Å². The third-order valence-electron chi connectivity index (χ3n) is 4.93. The van der Waals surface area contributed by atoms with E-state index in [2.05, 4.69) is 4.98 Å². The molecule has 134 valence electrons. The fourth-order valence-corrected chi connectivity index (χ4v) is 4.50. The van der Waals surface area contributed by atoms with E-state index in [1.165, 1.54) is 4.31 Å². The normalized spacial score (nSPS) is 24.5. The van der Waals surface area contributed by atoms with E-state index in [-0.39, 0.29) is 11.5 Å². The molecule has 1 unspecified atom stereocenters. The second kappa shape index (κ2) is 6.95. The van der Waals surface area contributed by atoms with Gasteiger partial charge >= 0.3 is 0 Å². The molecule has 0 aromatic carbocycles. The summed E-state index contributed by atoms with van der Waals surface area (Å²) in [4.78, 5) is 4.03. The molecule has 3 rings (SSSR count). The van der Waals surface area contributed by atoms with Crippen LogP contribution in [0, 0.1) is 5.41 Å². The van der Waals surface area contributed by atoms with Crippen LogP contribution in [0.3, 0.4) is 0 Å². The lowest BCUT2D eigenvalue weighted by Gasteiger charge is -2.38. The van der Waals surface area contributed by atoms with Gasteiger partial charge in [0.2, 0.25) is 0 Å². The Morgan fingerprint density at radius 1 is 1.42 bits per heavy atom. The first kappa shape index (κ1) is 17.6. The number of rotatable bonds is 5. The lowest BCUT2D eigenvalue weighted by molar-refractivity contribution is 0.0537. The zero-order valence-electron chi connectivity index (χ0n) is 14.2. The van der Waals surface area contributed by atoms with Crippen molar-refractivity contribution in [3.05, 3.63) is 24.5 Å². The van der Waals surface area contributed by atoms with E-state index < -0.39 is 10.2 Å². The maximum Gasteiger partial charge on any atom is 0.281 e. The first-order chi connectivity index (χ1) is 11.4. The first-order valence-electron chi connectivity index (χ1n) is 8.23. The van der Waals surface area contributed by atoms with Gasteiger partial charge in [0.15, 0.2) is 0 Å². The number of hydrogen-bond acceptors (Lipinski definition) is 5. The summed E-state index contributed by atoms with van der Waals surface area (Å²) in [6, 6.07) is 3.72. The van der Waals surface area contributed by atoms with Crippen LogP contribution in [0.5, 0.6) is 5.75 Å². The van der Waals surface area contributed by atoms with E-state index in [9.17, 15) is 8.42 Å². The van der Waals surface area contributed by atoms with E-state index in [0.717, 1.165) is 25.0 Å². The van der Waals surface area contributed by atoms with Crippen LogP contribution in [0.1, 0.15) is 19.3 Å². The van der Waals surface area contributed by atoms with E-state index in [0.29, 0.717) is 26.3 Å². The molecule has 8 heteroatoms. The molecule has 0 saturated carbocycles. The van der Waals surface area contributed by atoms with Crippen molar-refractivity contribution >= 4 is 10.2 Å². The monoisotopic (exact) mass is 355 g/mol. The Kier molecular flexibility index (Phi) is 5.10. The molecule has 1 aromatic heterocycles. The Balaban J connectivity index is 1.51. The molecular weight excluding hydrogens is 330 g/mol. The molecule has 2 saturated heterocycles. The molecule has 0 aliphatic carbocycles. The molecule has 1 spiro atoms. The summed E-state index contributed by atoms with van der Waals surface area (Å²) in [6.07, 6.45) is 6.05. The Hall–Kier alpha value is -1.22. The quantitative estimate of drug-likeness (QED) is 0.792. The smallest absolute Gasteiger partial charge is 0.281 e. The van der Waals surface area contributed by atoms with Gasteiger partial charge in [0, 0.05) is 33.4 Å². The fraction of sp³-hybridized carbons (Fsp3) is 0.688. The van der Waals surface area contributed by atoms with Crippen molar-refractivity contribution in [2.75, 3.05) is 40.4 Å². The van der Waals surface area contributed by atoms with Crippen LogP contribution in [0.2, 0.25) is 0 Å². The van der Waals surface area contributed by atoms with Gasteiger partial charge in [-0.15, -0.1) is 0 Å². The Morgan fingerprint density at radius 2 is 2.17 bits per heavy atom. The molecule has 2 aliphatic rings. The molecule has 3 heterocycles. The molecule has 24 heavy (non-hydrogen) atoms. The van der Waals surface area contributed by atoms with Crippen molar-refractivity contribution in [2.45, 2.75) is 25.4 Å². The molecule has 7 nitrogen and oxygen atoms in total. The molecule has 0 amide bonds. The van der Waals surface area contributed by atoms with E-state index >= 15 is 0 Å². The Bertz CT molecular complexity index is 643. The summed E-state index contributed by atoms with van der Waals surface area (Å²) in [5, 5.41) is 0. The highest BCUT2D eigenvalue weighted by molar-refractivity contribution is 7.86. The average molecular weight is 355 g/mol. The van der Waals surface area contributed by atoms with Crippen LogP contribution in [0.25, 0.3) is 0 Å². The van der Waals surface area contributed by atoms with Gasteiger partial charge in [-0.2, -0.15) is 17.0 Å². The predicted molar refractivity (Wildman–Crippen MR) is 89.9 cm³/mol. The summed E-state index contributed by atoms with van der Waals surface area (Å²) >= 11 is 0. The molecule has 2 aliphatic heterocycles. The van der Waals surface area contributed by atoms with Gasteiger partial charge in [0.1, 0.15) is 12.4 Å². The fourth-order valence-electron chi connectivity index (χ4n) is 3.39. The summed E-state index contributed by atoms with van der Waals surface area (Å²) in [5.74, 6) is 0.744. The van der Waals surface area contributed by atoms with Crippen molar-refractivity contribution in [2.24, 2.45) is 5.41 Å². The van der Waals surface area contributed by atoms with Crippen LogP contribution in [-0.2, 0) is 14.9 Å². The van der Waals surface area contributed by atoms with Crippen molar-refractivity contribution in [3.8, 4) is 5.75 Å². The van der Waals surface area contributed by atoms with Crippen LogP contribution in [0.4, 0.5) is 0 Å². The highest BCUT2D eigenvalue weighted by atomic mass is 32.2. The standard InChI is InChI=1S/C16H25N3O4S/c1-18(2)24(20,21)19-8-5-16(6-9-19)10-15(23-13-16)12-22-14-4-3-7-17-11-14/h3-4,7,11,15H,5-6,8-10,12-13H2,1-2H3. The molecule has 1 aromatic rings. The van der Waals surface area contributed by atoms with Crippen LogP contribution < -0.4 is 4.74 Å². The van der Waals surface area contributed by atoms with Gasteiger partial charge in [0.25, 0.3) is 10.2 Å². The summed E-state index contributed by atoms with van der Waals surface area (Å²) in [7, 11) is -0.165. The first-order valence-corrected chi connectivity index (χ1v) is 9.63. The van der Waals surface area contributed by atoms with Gasteiger partial charge in [-0.1, -0.05) is 0 Å². The summed E-state index contributed by atoms with van der Waals surface area (Å²) in [5.41, 5.74) is 0.0846. The van der Waals surface area contributed by atoms with Crippen LogP contribution >= 0.6 is 0 Å². The van der Waals surface area contributed by atoms with E-state index in [1.807, 2.05) is 12.1 Å². The molecule has 0 radical (unpaired) electrons. The van der Waals surface area contributed by atoms with Crippen LogP contribution in [0.15, 0.2) is 24.5 Å². The zero-order valence-corrected chi connectivity index (χ0v) is 15.0. The topological polar surface area (TPSA) is 72.0 Å². The maximum atomic E-state index is 12.2. The number of piperidine rings is 1. The minimum atomic E-state index is -3.31. The maximum absolute atomic E-state index is 12.2. The second-order valence-corrected chi connectivity index (χ2v) is 8.97. The highest BCUT2D eigenvalue weighted by Crippen LogP contribution is 2.42. The largest absolute Gasteiger partial charge is 0.489 e. The highest BCUT2D eigenvalue weighted by Gasteiger charge is 2.44. The summed E-state index contributed by atoms with van der Waals surface area (Å²) in [6.45, 7) is 2.30. The van der Waals surface area contributed by atoms with Gasteiger partial charge < -0.3 is 9.47 Å². The summed E-state index contributed by atoms with van der Waals surface area (Å²) < 4.78 is 38.9. The number of hydrogen-bond donors (Lipinski definition) is 0. The average Bonchev–Trinajstić information content (AvgIpc) is 2.97. The van der Waals surface area contributed by atoms with Gasteiger partial charge in [-0.3, -0.25) is 4.98 Å². The molecule has 0 bridgehead atoms. The van der Waals surface area contributed by atoms with Gasteiger partial charge in [-0.25, -0.2) is 0 Å². The SMILES string of the molecule is CN(C)S(=O)(=O)N1CCC2(CC1)COC(COc1cccnc1)C2. The molecule has 1 atom stereocenters. The third kappa shape index (κ3) is 3.72. The number of pyridine rings is 1. The predicted octanol–water partition coefficient (Wildman–Crippen LogP) is 1.14. The minimum Gasteiger partial charge on any atom is -0.489 e. The zero-order chi connectivity index (χ0) is 17.2. The van der Waals surface area contributed by atoms with Crippen LogP contribution in [-0.4, -0.2) is 68.5 Å². The number of aromatic nitrogens is 1. The lowest BCUT2D eigenvalue weighted by atomic mass is 9.77. The minimum absolute atomic E-state index is 0.0576. The second-order valence-electron chi connectivity index (χ2n) is 6.83. The Morgan fingerprint density at radius 3 is 2.79 bits per heavy atom.